The van der Waals surface area contributed by atoms with Gasteiger partial charge >= 0.3 is 0 Å². The monoisotopic (exact) mass is 341 g/mol. The Balaban J connectivity index is 1.70. The first-order valence-corrected chi connectivity index (χ1v) is 7.87. The maximum absolute atomic E-state index is 14.4. The molecule has 1 fully saturated rings. The van der Waals surface area contributed by atoms with Crippen LogP contribution in [0.15, 0.2) is 36.8 Å². The van der Waals surface area contributed by atoms with E-state index >= 15 is 0 Å². The van der Waals surface area contributed by atoms with Crippen molar-refractivity contribution in [2.75, 3.05) is 24.3 Å². The fraction of sp³-hybridized carbons (Fsp3) is 0.235. The fourth-order valence-electron chi connectivity index (χ4n) is 2.73. The van der Waals surface area contributed by atoms with Gasteiger partial charge in [-0.15, -0.1) is 0 Å². The zero-order valence-electron chi connectivity index (χ0n) is 13.3. The number of hydrogen-bond acceptors (Lipinski definition) is 7. The molecule has 3 aromatic rings. The number of benzene rings is 1. The average molecular weight is 341 g/mol. The lowest BCUT2D eigenvalue weighted by Crippen LogP contribution is -2.17. The zero-order chi connectivity index (χ0) is 17.2. The highest BCUT2D eigenvalue weighted by molar-refractivity contribution is 5.93. The minimum Gasteiger partial charge on any atom is -0.470 e. The van der Waals surface area contributed by atoms with Gasteiger partial charge in [-0.1, -0.05) is 0 Å². The quantitative estimate of drug-likeness (QED) is 0.704. The van der Waals surface area contributed by atoms with Crippen LogP contribution in [0.1, 0.15) is 6.42 Å². The molecule has 4 rings (SSSR count). The van der Waals surface area contributed by atoms with Crippen LogP contribution in [0.25, 0.3) is 10.9 Å². The molecule has 0 bridgehead atoms. The number of nitrogens with one attached hydrogen (secondary N) is 1. The Hall–Kier alpha value is -3.00. The number of rotatable bonds is 4. The molecule has 8 heteroatoms. The van der Waals surface area contributed by atoms with Crippen molar-refractivity contribution in [3.05, 3.63) is 42.6 Å². The summed E-state index contributed by atoms with van der Waals surface area (Å²) >= 11 is 0. The summed E-state index contributed by atoms with van der Waals surface area (Å²) in [6.07, 6.45) is 3.75. The minimum absolute atomic E-state index is 0.0471. The number of anilines is 3. The Morgan fingerprint density at radius 3 is 3.04 bits per heavy atom. The lowest BCUT2D eigenvalue weighted by atomic mass is 10.2. The molecule has 1 saturated heterocycles. The normalized spacial score (nSPS) is 16.9. The lowest BCUT2D eigenvalue weighted by molar-refractivity contribution is 0.138. The van der Waals surface area contributed by atoms with Crippen molar-refractivity contribution in [1.82, 2.24) is 15.0 Å². The highest BCUT2D eigenvalue weighted by atomic mass is 19.1. The molecular formula is C17H16FN5O2. The molecule has 1 aliphatic rings. The van der Waals surface area contributed by atoms with Gasteiger partial charge in [-0.3, -0.25) is 0 Å². The number of nitrogens with two attached hydrogens (primary N) is 1. The molecule has 25 heavy (non-hydrogen) atoms. The number of fused-ring (bicyclic) bond motifs is 1. The van der Waals surface area contributed by atoms with Crippen molar-refractivity contribution in [1.29, 1.82) is 0 Å². The van der Waals surface area contributed by atoms with Gasteiger partial charge < -0.3 is 20.5 Å². The van der Waals surface area contributed by atoms with E-state index in [2.05, 4.69) is 20.3 Å². The number of nitrogen functional groups attached to an aromatic ring is 1. The van der Waals surface area contributed by atoms with Crippen LogP contribution in [0, 0.1) is 5.82 Å². The maximum Gasteiger partial charge on any atom is 0.238 e. The van der Waals surface area contributed by atoms with Gasteiger partial charge in [0.2, 0.25) is 5.88 Å². The van der Waals surface area contributed by atoms with Crippen molar-refractivity contribution < 1.29 is 13.9 Å². The van der Waals surface area contributed by atoms with Gasteiger partial charge in [-0.2, -0.15) is 0 Å². The molecule has 1 aromatic carbocycles. The highest BCUT2D eigenvalue weighted by Gasteiger charge is 2.20. The summed E-state index contributed by atoms with van der Waals surface area (Å²) in [5.41, 5.74) is 7.00. The third-order valence-corrected chi connectivity index (χ3v) is 3.90. The van der Waals surface area contributed by atoms with Gasteiger partial charge in [0.15, 0.2) is 0 Å². The second-order valence-corrected chi connectivity index (χ2v) is 5.70. The standard InChI is InChI=1S/C17H16FN5O2/c18-12-6-10(19)7-14-15(12)16(22-9-21-14)23-13-2-1-4-20-17(13)25-11-3-5-24-8-11/h1-2,4,6-7,9,11H,3,5,8,19H2,(H,21,22,23). The summed E-state index contributed by atoms with van der Waals surface area (Å²) in [6.45, 7) is 1.20. The Morgan fingerprint density at radius 1 is 1.28 bits per heavy atom. The van der Waals surface area contributed by atoms with Crippen LogP contribution in [-0.2, 0) is 4.74 Å². The van der Waals surface area contributed by atoms with Crippen LogP contribution in [0.3, 0.4) is 0 Å². The molecular weight excluding hydrogens is 325 g/mol. The molecule has 0 saturated carbocycles. The van der Waals surface area contributed by atoms with Crippen LogP contribution in [0.2, 0.25) is 0 Å². The summed E-state index contributed by atoms with van der Waals surface area (Å²) in [5.74, 6) is 0.247. The van der Waals surface area contributed by atoms with Crippen LogP contribution >= 0.6 is 0 Å². The SMILES string of the molecule is Nc1cc(F)c2c(Nc3cccnc3OC3CCOC3)ncnc2c1. The molecule has 3 heterocycles. The molecule has 128 valence electrons. The van der Waals surface area contributed by atoms with Crippen molar-refractivity contribution in [3.63, 3.8) is 0 Å². The van der Waals surface area contributed by atoms with E-state index in [1.165, 1.54) is 12.4 Å². The Morgan fingerprint density at radius 2 is 2.20 bits per heavy atom. The van der Waals surface area contributed by atoms with E-state index in [4.69, 9.17) is 15.2 Å². The zero-order valence-corrected chi connectivity index (χ0v) is 13.3. The maximum atomic E-state index is 14.4. The molecule has 0 spiro atoms. The molecule has 0 aliphatic carbocycles. The fourth-order valence-corrected chi connectivity index (χ4v) is 2.73. The van der Waals surface area contributed by atoms with E-state index in [-0.39, 0.29) is 11.5 Å². The van der Waals surface area contributed by atoms with E-state index in [0.29, 0.717) is 41.8 Å². The summed E-state index contributed by atoms with van der Waals surface area (Å²) in [6, 6.07) is 6.40. The molecule has 3 N–H and O–H groups in total. The lowest BCUT2D eigenvalue weighted by Gasteiger charge is -2.15. The van der Waals surface area contributed by atoms with Crippen LogP contribution in [-0.4, -0.2) is 34.3 Å². The van der Waals surface area contributed by atoms with Gasteiger partial charge in [-0.25, -0.2) is 19.3 Å². The van der Waals surface area contributed by atoms with Gasteiger partial charge in [0, 0.05) is 18.3 Å². The smallest absolute Gasteiger partial charge is 0.238 e. The molecule has 1 unspecified atom stereocenters. The second-order valence-electron chi connectivity index (χ2n) is 5.70. The number of halogens is 1. The van der Waals surface area contributed by atoms with Gasteiger partial charge in [-0.05, 0) is 24.3 Å². The van der Waals surface area contributed by atoms with E-state index in [0.717, 1.165) is 6.42 Å². The first-order valence-electron chi connectivity index (χ1n) is 7.87. The average Bonchev–Trinajstić information content (AvgIpc) is 3.09. The number of hydrogen-bond donors (Lipinski definition) is 2. The molecule has 0 amide bonds. The van der Waals surface area contributed by atoms with Crippen molar-refractivity contribution in [3.8, 4) is 5.88 Å². The molecule has 1 aliphatic heterocycles. The molecule has 1 atom stereocenters. The number of ether oxygens (including phenoxy) is 2. The largest absolute Gasteiger partial charge is 0.470 e. The molecule has 2 aromatic heterocycles. The van der Waals surface area contributed by atoms with Crippen LogP contribution < -0.4 is 15.8 Å². The predicted octanol–water partition coefficient (Wildman–Crippen LogP) is 2.66. The number of aromatic nitrogens is 3. The Kier molecular flexibility index (Phi) is 4.02. The topological polar surface area (TPSA) is 95.2 Å². The van der Waals surface area contributed by atoms with Crippen molar-refractivity contribution in [2.45, 2.75) is 12.5 Å². The second kappa shape index (κ2) is 6.48. The third-order valence-electron chi connectivity index (χ3n) is 3.90. The van der Waals surface area contributed by atoms with Crippen molar-refractivity contribution in [2.24, 2.45) is 0 Å². The minimum atomic E-state index is -0.492. The van der Waals surface area contributed by atoms with Crippen LogP contribution in [0.5, 0.6) is 5.88 Å². The summed E-state index contributed by atoms with van der Waals surface area (Å²) in [5, 5.41) is 3.35. The van der Waals surface area contributed by atoms with Crippen LogP contribution in [0.4, 0.5) is 21.6 Å². The molecule has 7 nitrogen and oxygen atoms in total. The predicted molar refractivity (Wildman–Crippen MR) is 91.3 cm³/mol. The number of pyridine rings is 1. The van der Waals surface area contributed by atoms with Gasteiger partial charge in [0.25, 0.3) is 0 Å². The third kappa shape index (κ3) is 3.16. The van der Waals surface area contributed by atoms with E-state index in [1.54, 1.807) is 24.4 Å². The summed E-state index contributed by atoms with van der Waals surface area (Å²) < 4.78 is 25.6. The van der Waals surface area contributed by atoms with Gasteiger partial charge in [0.05, 0.1) is 24.1 Å². The first-order chi connectivity index (χ1) is 12.2. The molecule has 0 radical (unpaired) electrons. The van der Waals surface area contributed by atoms with E-state index < -0.39 is 5.82 Å². The van der Waals surface area contributed by atoms with E-state index in [9.17, 15) is 4.39 Å². The van der Waals surface area contributed by atoms with Crippen molar-refractivity contribution >= 4 is 28.1 Å². The Bertz CT molecular complexity index is 915. The first kappa shape index (κ1) is 15.5. The summed E-state index contributed by atoms with van der Waals surface area (Å²) in [7, 11) is 0. The van der Waals surface area contributed by atoms with Gasteiger partial charge in [0.1, 0.15) is 29.8 Å². The number of nitrogens with zero attached hydrogens (tertiary/aromatic N) is 3. The Labute approximate surface area is 143 Å². The highest BCUT2D eigenvalue weighted by Crippen LogP contribution is 2.31. The summed E-state index contributed by atoms with van der Waals surface area (Å²) in [4.78, 5) is 12.5. The van der Waals surface area contributed by atoms with E-state index in [1.807, 2.05) is 0 Å².